The van der Waals surface area contributed by atoms with Gasteiger partial charge in [0.1, 0.15) is 0 Å². The highest BCUT2D eigenvalue weighted by Gasteiger charge is 2.20. The first-order valence-corrected chi connectivity index (χ1v) is 6.99. The molecule has 18 heavy (non-hydrogen) atoms. The molecule has 0 amide bonds. The van der Waals surface area contributed by atoms with Crippen molar-refractivity contribution in [1.29, 1.82) is 0 Å². The van der Waals surface area contributed by atoms with Crippen LogP contribution in [-0.4, -0.2) is 19.3 Å². The van der Waals surface area contributed by atoms with Gasteiger partial charge in [0.25, 0.3) is 0 Å². The van der Waals surface area contributed by atoms with E-state index < -0.39 is 0 Å². The molecule has 0 aromatic rings. The Morgan fingerprint density at radius 1 is 1.17 bits per heavy atom. The quantitative estimate of drug-likeness (QED) is 0.440. The molecule has 1 saturated heterocycles. The lowest BCUT2D eigenvalue weighted by atomic mass is 9.97. The largest absolute Gasteiger partial charge is 0.400 e. The molecule has 108 valence electrons. The molecule has 1 heterocycles. The Hall–Kier alpha value is -0.780. The standard InChI is InChI=1S/C6H13N.C5H11N3O.C2H6/c7-6-4-2-1-3-5-6;6-5(1-8-7)4-2-9-3-4;1-2/h6H,1-5,7H2;1,4,8H,2-3,6-7H2;1-2H3/b;5-1-;. The number of rotatable bonds is 2. The van der Waals surface area contributed by atoms with Crippen molar-refractivity contribution in [2.45, 2.75) is 52.0 Å². The Labute approximate surface area is 111 Å². The van der Waals surface area contributed by atoms with E-state index in [4.69, 9.17) is 22.0 Å². The van der Waals surface area contributed by atoms with Crippen molar-refractivity contribution in [3.05, 3.63) is 11.9 Å². The topological polar surface area (TPSA) is 99.3 Å². The summed E-state index contributed by atoms with van der Waals surface area (Å²) in [7, 11) is 0. The molecule has 0 spiro atoms. The summed E-state index contributed by atoms with van der Waals surface area (Å²) in [5, 5.41) is 0. The van der Waals surface area contributed by atoms with Gasteiger partial charge in [0.2, 0.25) is 0 Å². The van der Waals surface area contributed by atoms with Crippen LogP contribution in [0.5, 0.6) is 0 Å². The smallest absolute Gasteiger partial charge is 0.0572 e. The summed E-state index contributed by atoms with van der Waals surface area (Å²) in [6.07, 6.45) is 8.25. The third-order valence-electron chi connectivity index (χ3n) is 3.01. The molecule has 1 saturated carbocycles. The van der Waals surface area contributed by atoms with Crippen LogP contribution in [0.3, 0.4) is 0 Å². The molecule has 1 aliphatic heterocycles. The van der Waals surface area contributed by atoms with E-state index in [0.717, 1.165) is 18.9 Å². The van der Waals surface area contributed by atoms with E-state index in [1.807, 2.05) is 13.8 Å². The van der Waals surface area contributed by atoms with Crippen molar-refractivity contribution in [3.8, 4) is 0 Å². The van der Waals surface area contributed by atoms with Crippen LogP contribution in [0.25, 0.3) is 0 Å². The molecule has 2 fully saturated rings. The van der Waals surface area contributed by atoms with Gasteiger partial charge in [-0.2, -0.15) is 0 Å². The van der Waals surface area contributed by atoms with Crippen molar-refractivity contribution < 1.29 is 4.74 Å². The molecular weight excluding hydrogens is 228 g/mol. The minimum Gasteiger partial charge on any atom is -0.400 e. The van der Waals surface area contributed by atoms with E-state index in [1.165, 1.54) is 32.1 Å². The molecule has 0 atom stereocenters. The number of nitrogens with one attached hydrogen (secondary N) is 1. The number of nitrogens with two attached hydrogens (primary N) is 3. The predicted molar refractivity (Wildman–Crippen MR) is 76.3 cm³/mol. The second kappa shape index (κ2) is 11.3. The summed E-state index contributed by atoms with van der Waals surface area (Å²) in [6, 6.07) is 0.536. The average Bonchev–Trinajstić information content (AvgIpc) is 2.31. The van der Waals surface area contributed by atoms with Crippen LogP contribution >= 0.6 is 0 Å². The van der Waals surface area contributed by atoms with Gasteiger partial charge in [-0.1, -0.05) is 33.1 Å². The number of ether oxygens (including phenoxy) is 1. The Morgan fingerprint density at radius 3 is 2.00 bits per heavy atom. The van der Waals surface area contributed by atoms with Crippen molar-refractivity contribution in [3.63, 3.8) is 0 Å². The minimum atomic E-state index is 0.376. The van der Waals surface area contributed by atoms with Crippen LogP contribution in [0.4, 0.5) is 0 Å². The summed E-state index contributed by atoms with van der Waals surface area (Å²) in [5.41, 5.74) is 14.3. The average molecular weight is 258 g/mol. The fraction of sp³-hybridized carbons (Fsp3) is 0.846. The van der Waals surface area contributed by atoms with Crippen molar-refractivity contribution in [2.24, 2.45) is 23.2 Å². The molecule has 1 aliphatic carbocycles. The summed E-state index contributed by atoms with van der Waals surface area (Å²) in [5.74, 6) is 5.37. The summed E-state index contributed by atoms with van der Waals surface area (Å²) >= 11 is 0. The normalized spacial score (nSPS) is 20.8. The van der Waals surface area contributed by atoms with Gasteiger partial charge in [0.15, 0.2) is 0 Å². The van der Waals surface area contributed by atoms with Gasteiger partial charge in [0, 0.05) is 23.9 Å². The highest BCUT2D eigenvalue weighted by molar-refractivity contribution is 5.02. The summed E-state index contributed by atoms with van der Waals surface area (Å²) in [4.78, 5) is 0. The van der Waals surface area contributed by atoms with Gasteiger partial charge >= 0.3 is 0 Å². The zero-order valence-electron chi connectivity index (χ0n) is 11.8. The highest BCUT2D eigenvalue weighted by Crippen LogP contribution is 2.15. The van der Waals surface area contributed by atoms with Gasteiger partial charge in [-0.3, -0.25) is 5.84 Å². The van der Waals surface area contributed by atoms with Gasteiger partial charge in [-0.05, 0) is 12.8 Å². The van der Waals surface area contributed by atoms with Crippen LogP contribution in [-0.2, 0) is 4.74 Å². The molecule has 0 unspecified atom stereocenters. The SMILES string of the molecule is CC.NC1CCCCC1.NN/C=C(\N)C1COC1. The second-order valence-corrected chi connectivity index (χ2v) is 4.44. The molecular formula is C13H30N4O. The maximum Gasteiger partial charge on any atom is 0.0572 e. The van der Waals surface area contributed by atoms with Crippen LogP contribution in [0.1, 0.15) is 46.0 Å². The second-order valence-electron chi connectivity index (χ2n) is 4.44. The van der Waals surface area contributed by atoms with E-state index >= 15 is 0 Å². The third kappa shape index (κ3) is 7.53. The lowest BCUT2D eigenvalue weighted by Crippen LogP contribution is -2.33. The molecule has 0 bridgehead atoms. The Bertz CT molecular complexity index is 211. The maximum absolute atomic E-state index is 5.63. The maximum atomic E-state index is 5.63. The molecule has 0 aromatic carbocycles. The van der Waals surface area contributed by atoms with Gasteiger partial charge in [-0.25, -0.2) is 0 Å². The van der Waals surface area contributed by atoms with Gasteiger partial charge < -0.3 is 21.6 Å². The van der Waals surface area contributed by atoms with Crippen LogP contribution < -0.4 is 22.7 Å². The fourth-order valence-corrected chi connectivity index (χ4v) is 1.78. The van der Waals surface area contributed by atoms with Crippen LogP contribution in [0, 0.1) is 5.92 Å². The Balaban J connectivity index is 0.000000289. The summed E-state index contributed by atoms with van der Waals surface area (Å²) in [6.45, 7) is 5.45. The van der Waals surface area contributed by atoms with Gasteiger partial charge in [-0.15, -0.1) is 0 Å². The first-order valence-electron chi connectivity index (χ1n) is 6.99. The molecule has 5 heteroatoms. The zero-order valence-corrected chi connectivity index (χ0v) is 11.8. The molecule has 7 N–H and O–H groups in total. The molecule has 5 nitrogen and oxygen atoms in total. The van der Waals surface area contributed by atoms with E-state index in [-0.39, 0.29) is 0 Å². The number of hydrogen-bond acceptors (Lipinski definition) is 5. The van der Waals surface area contributed by atoms with E-state index in [0.29, 0.717) is 12.0 Å². The monoisotopic (exact) mass is 258 g/mol. The lowest BCUT2D eigenvalue weighted by Gasteiger charge is -2.25. The first-order chi connectivity index (χ1) is 8.74. The fourth-order valence-electron chi connectivity index (χ4n) is 1.78. The Morgan fingerprint density at radius 2 is 1.72 bits per heavy atom. The lowest BCUT2D eigenvalue weighted by molar-refractivity contribution is -0.0141. The number of hydrogen-bond donors (Lipinski definition) is 4. The molecule has 2 rings (SSSR count). The predicted octanol–water partition coefficient (Wildman–Crippen LogP) is 1.20. The molecule has 0 radical (unpaired) electrons. The summed E-state index contributed by atoms with van der Waals surface area (Å²) < 4.78 is 4.91. The third-order valence-corrected chi connectivity index (χ3v) is 3.01. The van der Waals surface area contributed by atoms with E-state index in [1.54, 1.807) is 6.20 Å². The molecule has 2 aliphatic rings. The highest BCUT2D eigenvalue weighted by atomic mass is 16.5. The number of hydrazine groups is 1. The van der Waals surface area contributed by atoms with Crippen molar-refractivity contribution in [2.75, 3.05) is 13.2 Å². The zero-order chi connectivity index (χ0) is 13.8. The van der Waals surface area contributed by atoms with Crippen LogP contribution in [0.2, 0.25) is 0 Å². The first kappa shape index (κ1) is 17.2. The Kier molecular flexibility index (Phi) is 10.8. The molecule has 0 aromatic heterocycles. The van der Waals surface area contributed by atoms with Crippen molar-refractivity contribution >= 4 is 0 Å². The minimum absolute atomic E-state index is 0.376. The van der Waals surface area contributed by atoms with E-state index in [2.05, 4.69) is 5.43 Å². The van der Waals surface area contributed by atoms with Gasteiger partial charge in [0.05, 0.1) is 13.2 Å². The van der Waals surface area contributed by atoms with E-state index in [9.17, 15) is 0 Å². The van der Waals surface area contributed by atoms with Crippen LogP contribution in [0.15, 0.2) is 11.9 Å². The van der Waals surface area contributed by atoms with Crippen molar-refractivity contribution in [1.82, 2.24) is 5.43 Å².